The molecule has 0 radical (unpaired) electrons. The van der Waals surface area contributed by atoms with Crippen LogP contribution in [0.15, 0.2) is 12.2 Å². The second kappa shape index (κ2) is 14.7. The highest BCUT2D eigenvalue weighted by atomic mass is 28.4. The van der Waals surface area contributed by atoms with Crippen molar-refractivity contribution >= 4 is 8.32 Å². The Balaban J connectivity index is 1.57. The third kappa shape index (κ3) is 7.96. The van der Waals surface area contributed by atoms with Gasteiger partial charge in [0.1, 0.15) is 50.2 Å². The van der Waals surface area contributed by atoms with Gasteiger partial charge in [-0.1, -0.05) is 53.7 Å². The van der Waals surface area contributed by atoms with Gasteiger partial charge in [0, 0.05) is 20.6 Å². The molecule has 0 unspecified atom stereocenters. The molecule has 4 heterocycles. The van der Waals surface area contributed by atoms with E-state index in [2.05, 4.69) is 41.5 Å². The van der Waals surface area contributed by atoms with Crippen LogP contribution in [-0.4, -0.2) is 109 Å². The Labute approximate surface area is 265 Å². The van der Waals surface area contributed by atoms with E-state index in [9.17, 15) is 0 Å². The molecule has 4 rings (SSSR count). The first-order valence-corrected chi connectivity index (χ1v) is 18.3. The predicted octanol–water partition coefficient (Wildman–Crippen LogP) is 5.27. The standard InChI is InChI=1S/C32H58O11Si/c1-19(2)44(20(3)4,21(5)6)37-16-25-26(36-18-34-12)24(35-17-33-11)15-22(38-25)13-14-23-27-28(41-31(7,8)40-27)29-30(39-23)43-32(9,10)42-29/h13-14,19-30H,15-18H2,1-12H3/b14-13+/t22-,23+,24+,25+,26-,27-,28-,29+,30+/m0/s1. The number of hydrogen-bond donors (Lipinski definition) is 0. The van der Waals surface area contributed by atoms with Gasteiger partial charge in [0.25, 0.3) is 0 Å². The highest BCUT2D eigenvalue weighted by molar-refractivity contribution is 6.77. The number of hydrogen-bond acceptors (Lipinski definition) is 11. The van der Waals surface area contributed by atoms with Gasteiger partial charge < -0.3 is 51.8 Å². The van der Waals surface area contributed by atoms with E-state index in [-0.39, 0.29) is 50.2 Å². The first-order chi connectivity index (χ1) is 20.6. The average molecular weight is 647 g/mol. The summed E-state index contributed by atoms with van der Waals surface area (Å²) >= 11 is 0. The number of rotatable bonds is 14. The van der Waals surface area contributed by atoms with Crippen molar-refractivity contribution in [2.24, 2.45) is 0 Å². The fourth-order valence-corrected chi connectivity index (χ4v) is 13.1. The lowest BCUT2D eigenvalue weighted by Crippen LogP contribution is -2.56. The summed E-state index contributed by atoms with van der Waals surface area (Å²) in [6, 6.07) is 0. The van der Waals surface area contributed by atoms with Crippen molar-refractivity contribution in [3.63, 3.8) is 0 Å². The van der Waals surface area contributed by atoms with Crippen LogP contribution in [0.3, 0.4) is 0 Å². The van der Waals surface area contributed by atoms with Crippen molar-refractivity contribution in [3.05, 3.63) is 12.2 Å². The van der Waals surface area contributed by atoms with Crippen molar-refractivity contribution in [1.82, 2.24) is 0 Å². The van der Waals surface area contributed by atoms with E-state index in [1.54, 1.807) is 14.2 Å². The quantitative estimate of drug-likeness (QED) is 0.140. The van der Waals surface area contributed by atoms with E-state index in [0.29, 0.717) is 29.7 Å². The monoisotopic (exact) mass is 646 g/mol. The van der Waals surface area contributed by atoms with Gasteiger partial charge in [0.15, 0.2) is 26.2 Å². The molecule has 0 aromatic rings. The highest BCUT2D eigenvalue weighted by Crippen LogP contribution is 2.45. The Kier molecular flexibility index (Phi) is 12.2. The third-order valence-electron chi connectivity index (χ3n) is 9.24. The molecule has 256 valence electrons. The summed E-state index contributed by atoms with van der Waals surface area (Å²) in [5, 5.41) is 0. The molecule has 0 aromatic carbocycles. The summed E-state index contributed by atoms with van der Waals surface area (Å²) in [5.41, 5.74) is 1.31. The zero-order valence-electron chi connectivity index (χ0n) is 28.9. The van der Waals surface area contributed by atoms with Crippen LogP contribution in [0, 0.1) is 0 Å². The largest absolute Gasteiger partial charge is 0.413 e. The first-order valence-electron chi connectivity index (χ1n) is 16.2. The van der Waals surface area contributed by atoms with Crippen LogP contribution < -0.4 is 0 Å². The Morgan fingerprint density at radius 2 is 1.30 bits per heavy atom. The summed E-state index contributed by atoms with van der Waals surface area (Å²) in [6.45, 7) is 21.9. The minimum Gasteiger partial charge on any atom is -0.413 e. The fraction of sp³-hybridized carbons (Fsp3) is 0.938. The molecule has 4 fully saturated rings. The van der Waals surface area contributed by atoms with Crippen LogP contribution in [0.1, 0.15) is 75.7 Å². The van der Waals surface area contributed by atoms with E-state index >= 15 is 0 Å². The molecule has 12 heteroatoms. The summed E-state index contributed by atoms with van der Waals surface area (Å²) in [6.07, 6.45) is 1.09. The Bertz CT molecular complexity index is 919. The molecule has 4 saturated heterocycles. The lowest BCUT2D eigenvalue weighted by Gasteiger charge is -2.45. The van der Waals surface area contributed by atoms with Gasteiger partial charge >= 0.3 is 0 Å². The van der Waals surface area contributed by atoms with Crippen molar-refractivity contribution in [3.8, 4) is 0 Å². The topological polar surface area (TPSA) is 102 Å². The molecular weight excluding hydrogens is 588 g/mol. The molecule has 0 amide bonds. The van der Waals surface area contributed by atoms with Gasteiger partial charge in [-0.3, -0.25) is 0 Å². The molecule has 0 spiro atoms. The Hall–Kier alpha value is -0.483. The smallest absolute Gasteiger partial charge is 0.200 e. The summed E-state index contributed by atoms with van der Waals surface area (Å²) in [7, 11) is 1.06. The van der Waals surface area contributed by atoms with E-state index in [1.807, 2.05) is 39.8 Å². The number of fused-ring (bicyclic) bond motifs is 3. The molecule has 0 N–H and O–H groups in total. The molecule has 0 aromatic heterocycles. The molecule has 11 nitrogen and oxygen atoms in total. The normalized spacial score (nSPS) is 36.9. The molecule has 44 heavy (non-hydrogen) atoms. The van der Waals surface area contributed by atoms with Crippen LogP contribution in [0.5, 0.6) is 0 Å². The van der Waals surface area contributed by atoms with Crippen LogP contribution >= 0.6 is 0 Å². The maximum atomic E-state index is 7.00. The zero-order chi connectivity index (χ0) is 32.4. The van der Waals surface area contributed by atoms with Crippen molar-refractivity contribution in [2.75, 3.05) is 34.4 Å². The SMILES string of the molecule is COCO[C@H]1[C@H](OCOC)C[C@H](/C=C/[C@H]2O[C@@H]3OC(C)(C)O[C@@H]3[C@H]3OC(C)(C)O[C@H]32)O[C@@H]1CO[Si](C(C)C)(C(C)C)C(C)C. The van der Waals surface area contributed by atoms with Gasteiger partial charge in [-0.2, -0.15) is 0 Å². The first kappa shape index (κ1) is 36.4. The van der Waals surface area contributed by atoms with Gasteiger partial charge in [-0.05, 0) is 44.3 Å². The van der Waals surface area contributed by atoms with E-state index in [1.165, 1.54) is 0 Å². The van der Waals surface area contributed by atoms with Crippen molar-refractivity contribution in [2.45, 2.75) is 159 Å². The fourth-order valence-electron chi connectivity index (χ4n) is 7.66. The Morgan fingerprint density at radius 1 is 0.727 bits per heavy atom. The number of methoxy groups -OCH3 is 2. The molecule has 0 saturated carbocycles. The second-order valence-corrected chi connectivity index (χ2v) is 19.7. The maximum Gasteiger partial charge on any atom is 0.200 e. The molecule has 4 aliphatic heterocycles. The van der Waals surface area contributed by atoms with Crippen molar-refractivity contribution < 1.29 is 51.8 Å². The van der Waals surface area contributed by atoms with Gasteiger partial charge in [-0.15, -0.1) is 0 Å². The van der Waals surface area contributed by atoms with E-state index < -0.39 is 38.4 Å². The number of ether oxygens (including phenoxy) is 10. The van der Waals surface area contributed by atoms with Crippen LogP contribution in [0.2, 0.25) is 16.6 Å². The van der Waals surface area contributed by atoms with Crippen LogP contribution in [0.4, 0.5) is 0 Å². The molecule has 0 bridgehead atoms. The third-order valence-corrected chi connectivity index (χ3v) is 15.3. The zero-order valence-corrected chi connectivity index (χ0v) is 29.9. The summed E-state index contributed by atoms with van der Waals surface area (Å²) in [4.78, 5) is 0. The maximum absolute atomic E-state index is 7.00. The average Bonchev–Trinajstić information content (AvgIpc) is 3.43. The van der Waals surface area contributed by atoms with Gasteiger partial charge in [-0.25, -0.2) is 0 Å². The van der Waals surface area contributed by atoms with E-state index in [4.69, 9.17) is 51.8 Å². The summed E-state index contributed by atoms with van der Waals surface area (Å²) in [5.74, 6) is -1.55. The summed E-state index contributed by atoms with van der Waals surface area (Å²) < 4.78 is 67.9. The molecular formula is C32H58O11Si. The molecule has 4 aliphatic rings. The minimum absolute atomic E-state index is 0.117. The molecule has 0 aliphatic carbocycles. The van der Waals surface area contributed by atoms with Gasteiger partial charge in [0.05, 0.1) is 18.8 Å². The Morgan fingerprint density at radius 3 is 1.91 bits per heavy atom. The van der Waals surface area contributed by atoms with E-state index in [0.717, 1.165) is 0 Å². The lowest BCUT2D eigenvalue weighted by molar-refractivity contribution is -0.236. The predicted molar refractivity (Wildman–Crippen MR) is 165 cm³/mol. The molecule has 9 atom stereocenters. The lowest BCUT2D eigenvalue weighted by atomic mass is 9.95. The van der Waals surface area contributed by atoms with Crippen LogP contribution in [0.25, 0.3) is 0 Å². The van der Waals surface area contributed by atoms with Crippen LogP contribution in [-0.2, 0) is 51.8 Å². The second-order valence-electron chi connectivity index (χ2n) is 14.2. The van der Waals surface area contributed by atoms with Gasteiger partial charge in [0.2, 0.25) is 0 Å². The van der Waals surface area contributed by atoms with Crippen molar-refractivity contribution in [1.29, 1.82) is 0 Å². The highest BCUT2D eigenvalue weighted by Gasteiger charge is 2.60. The minimum atomic E-state index is -2.17.